The highest BCUT2D eigenvalue weighted by Gasteiger charge is 2.40. The van der Waals surface area contributed by atoms with Crippen molar-refractivity contribution < 1.29 is 9.90 Å². The van der Waals surface area contributed by atoms with E-state index in [-0.39, 0.29) is 18.6 Å². The van der Waals surface area contributed by atoms with Crippen molar-refractivity contribution in [1.29, 1.82) is 0 Å². The van der Waals surface area contributed by atoms with Gasteiger partial charge in [0.2, 0.25) is 0 Å². The van der Waals surface area contributed by atoms with Gasteiger partial charge in [-0.05, 0) is 44.8 Å². The van der Waals surface area contributed by atoms with Gasteiger partial charge in [-0.2, -0.15) is 0 Å². The number of carbonyl (C=O) groups is 1. The molecule has 2 aromatic heterocycles. The van der Waals surface area contributed by atoms with Gasteiger partial charge in [0.25, 0.3) is 5.91 Å². The molecule has 1 amide bonds. The molecule has 2 aromatic rings. The highest BCUT2D eigenvalue weighted by Crippen LogP contribution is 2.32. The molecule has 5 nitrogen and oxygen atoms in total. The number of hydrogen-bond acceptors (Lipinski definition) is 5. The van der Waals surface area contributed by atoms with Crippen LogP contribution in [0.2, 0.25) is 0 Å². The summed E-state index contributed by atoms with van der Waals surface area (Å²) in [6, 6.07) is 2.39. The van der Waals surface area contributed by atoms with Gasteiger partial charge in [0.1, 0.15) is 12.3 Å². The summed E-state index contributed by atoms with van der Waals surface area (Å²) in [5.74, 6) is 6.06. The van der Waals surface area contributed by atoms with Crippen LogP contribution in [-0.2, 0) is 0 Å². The molecule has 2 atom stereocenters. The SMILES string of the molecule is CC1C(NC(=O)c2cc3c(C#CCO)csc3cn2)C2CCN1CC2. The zero-order valence-electron chi connectivity index (χ0n) is 14.2. The molecule has 25 heavy (non-hydrogen) atoms. The predicted octanol–water partition coefficient (Wildman–Crippen LogP) is 1.85. The van der Waals surface area contributed by atoms with Crippen molar-refractivity contribution in [3.8, 4) is 11.8 Å². The van der Waals surface area contributed by atoms with Crippen molar-refractivity contribution in [2.75, 3.05) is 19.7 Å². The number of aromatic nitrogens is 1. The van der Waals surface area contributed by atoms with Crippen LogP contribution in [-0.4, -0.2) is 52.7 Å². The minimum atomic E-state index is -0.173. The molecule has 0 aliphatic carbocycles. The maximum Gasteiger partial charge on any atom is 0.270 e. The number of rotatable bonds is 2. The lowest BCUT2D eigenvalue weighted by Gasteiger charge is -2.49. The van der Waals surface area contributed by atoms with Crippen LogP contribution in [0.15, 0.2) is 17.6 Å². The number of aliphatic hydroxyl groups excluding tert-OH is 1. The van der Waals surface area contributed by atoms with E-state index in [1.54, 1.807) is 17.5 Å². The second-order valence-corrected chi connectivity index (χ2v) is 7.70. The summed E-state index contributed by atoms with van der Waals surface area (Å²) in [6.07, 6.45) is 4.05. The van der Waals surface area contributed by atoms with Crippen LogP contribution in [0, 0.1) is 17.8 Å². The van der Waals surface area contributed by atoms with Gasteiger partial charge in [-0.3, -0.25) is 9.69 Å². The molecule has 3 fully saturated rings. The molecule has 5 heterocycles. The van der Waals surface area contributed by atoms with Gasteiger partial charge in [0, 0.05) is 34.6 Å². The van der Waals surface area contributed by atoms with E-state index < -0.39 is 0 Å². The molecule has 3 saturated heterocycles. The lowest BCUT2D eigenvalue weighted by molar-refractivity contribution is 0.0216. The van der Waals surface area contributed by atoms with Crippen LogP contribution in [0.4, 0.5) is 0 Å². The number of aliphatic hydroxyl groups is 1. The lowest BCUT2D eigenvalue weighted by Crippen LogP contribution is -2.62. The fourth-order valence-corrected chi connectivity index (χ4v) is 4.90. The molecule has 0 spiro atoms. The molecule has 130 valence electrons. The van der Waals surface area contributed by atoms with Crippen molar-refractivity contribution in [3.05, 3.63) is 28.9 Å². The summed E-state index contributed by atoms with van der Waals surface area (Å²) >= 11 is 1.55. The minimum absolute atomic E-state index is 0.111. The quantitative estimate of drug-likeness (QED) is 0.807. The summed E-state index contributed by atoms with van der Waals surface area (Å²) in [7, 11) is 0. The van der Waals surface area contributed by atoms with Crippen LogP contribution >= 0.6 is 11.3 Å². The number of piperidine rings is 3. The van der Waals surface area contributed by atoms with E-state index in [9.17, 15) is 4.79 Å². The topological polar surface area (TPSA) is 65.5 Å². The Morgan fingerprint density at radius 1 is 1.48 bits per heavy atom. The Bertz CT molecular complexity index is 856. The minimum Gasteiger partial charge on any atom is -0.384 e. The Balaban J connectivity index is 1.57. The molecule has 6 heteroatoms. The van der Waals surface area contributed by atoms with E-state index in [0.29, 0.717) is 17.7 Å². The van der Waals surface area contributed by atoms with Crippen LogP contribution in [0.3, 0.4) is 0 Å². The van der Waals surface area contributed by atoms with Gasteiger partial charge >= 0.3 is 0 Å². The Morgan fingerprint density at radius 2 is 2.28 bits per heavy atom. The number of carbonyl (C=O) groups excluding carboxylic acids is 1. The first-order valence-corrected chi connectivity index (χ1v) is 9.57. The molecular formula is C19H21N3O2S. The van der Waals surface area contributed by atoms with E-state index in [1.807, 2.05) is 11.4 Å². The summed E-state index contributed by atoms with van der Waals surface area (Å²) in [5.41, 5.74) is 1.27. The van der Waals surface area contributed by atoms with Crippen LogP contribution in [0.1, 0.15) is 35.8 Å². The van der Waals surface area contributed by atoms with Crippen LogP contribution in [0.5, 0.6) is 0 Å². The Morgan fingerprint density at radius 3 is 3.00 bits per heavy atom. The van der Waals surface area contributed by atoms with Crippen molar-refractivity contribution in [2.45, 2.75) is 31.8 Å². The summed E-state index contributed by atoms with van der Waals surface area (Å²) < 4.78 is 0.995. The summed E-state index contributed by atoms with van der Waals surface area (Å²) in [6.45, 7) is 4.32. The fraction of sp³-hybridized carbons (Fsp3) is 0.474. The zero-order chi connectivity index (χ0) is 17.4. The van der Waals surface area contributed by atoms with E-state index in [4.69, 9.17) is 5.11 Å². The first-order chi connectivity index (χ1) is 12.2. The summed E-state index contributed by atoms with van der Waals surface area (Å²) in [5, 5.41) is 15.0. The number of pyridine rings is 1. The second-order valence-electron chi connectivity index (χ2n) is 6.79. The molecule has 2 bridgehead atoms. The third-order valence-corrected chi connectivity index (χ3v) is 6.40. The van der Waals surface area contributed by atoms with Crippen molar-refractivity contribution in [2.24, 2.45) is 5.92 Å². The van der Waals surface area contributed by atoms with E-state index in [1.165, 1.54) is 0 Å². The third kappa shape index (κ3) is 3.04. The van der Waals surface area contributed by atoms with Crippen molar-refractivity contribution >= 4 is 27.3 Å². The molecule has 2 N–H and O–H groups in total. The Kier molecular flexibility index (Phi) is 4.46. The molecule has 0 saturated carbocycles. The number of fused-ring (bicyclic) bond motifs is 4. The first-order valence-electron chi connectivity index (χ1n) is 8.69. The number of nitrogens with zero attached hydrogens (tertiary/aromatic N) is 2. The van der Waals surface area contributed by atoms with Gasteiger partial charge < -0.3 is 10.4 Å². The van der Waals surface area contributed by atoms with Crippen LogP contribution < -0.4 is 5.32 Å². The van der Waals surface area contributed by atoms with E-state index >= 15 is 0 Å². The van der Waals surface area contributed by atoms with Crippen LogP contribution in [0.25, 0.3) is 10.1 Å². The first kappa shape index (κ1) is 16.5. The number of amides is 1. The van der Waals surface area contributed by atoms with Gasteiger partial charge in [0.05, 0.1) is 4.70 Å². The smallest absolute Gasteiger partial charge is 0.270 e. The number of hydrogen-bond donors (Lipinski definition) is 2. The van der Waals surface area contributed by atoms with Gasteiger partial charge in [-0.15, -0.1) is 11.3 Å². The molecule has 2 unspecified atom stereocenters. The van der Waals surface area contributed by atoms with Gasteiger partial charge in [0.15, 0.2) is 0 Å². The number of thiophene rings is 1. The fourth-order valence-electron chi connectivity index (χ4n) is 4.06. The Labute approximate surface area is 151 Å². The molecule has 0 aromatic carbocycles. The monoisotopic (exact) mass is 355 g/mol. The predicted molar refractivity (Wildman–Crippen MR) is 98.6 cm³/mol. The lowest BCUT2D eigenvalue weighted by atomic mass is 9.79. The average Bonchev–Trinajstić information content (AvgIpc) is 3.05. The van der Waals surface area contributed by atoms with Gasteiger partial charge in [-0.25, -0.2) is 4.98 Å². The molecule has 3 aliphatic rings. The maximum atomic E-state index is 12.8. The molecule has 5 rings (SSSR count). The van der Waals surface area contributed by atoms with Crippen molar-refractivity contribution in [3.63, 3.8) is 0 Å². The average molecular weight is 355 g/mol. The highest BCUT2D eigenvalue weighted by atomic mass is 32.1. The highest BCUT2D eigenvalue weighted by molar-refractivity contribution is 7.17. The Hall–Kier alpha value is -1.94. The zero-order valence-corrected chi connectivity index (χ0v) is 15.0. The van der Waals surface area contributed by atoms with E-state index in [2.05, 4.69) is 34.0 Å². The van der Waals surface area contributed by atoms with E-state index in [0.717, 1.165) is 41.6 Å². The standard InChI is InChI=1S/C19H21N3O2S/c1-12-18(13-4-6-22(12)7-5-13)21-19(24)16-9-15-14(3-2-8-23)11-25-17(15)10-20-16/h9-13,18,23H,4-8H2,1H3,(H,21,24). The largest absolute Gasteiger partial charge is 0.384 e. The number of nitrogens with one attached hydrogen (secondary N) is 1. The second kappa shape index (κ2) is 6.75. The maximum absolute atomic E-state index is 12.8. The van der Waals surface area contributed by atoms with Crippen molar-refractivity contribution in [1.82, 2.24) is 15.2 Å². The molecule has 0 radical (unpaired) electrons. The molecule has 3 aliphatic heterocycles. The molecular weight excluding hydrogens is 334 g/mol. The normalized spacial score (nSPS) is 27.8. The van der Waals surface area contributed by atoms with Gasteiger partial charge in [-0.1, -0.05) is 11.8 Å². The third-order valence-electron chi connectivity index (χ3n) is 5.47. The summed E-state index contributed by atoms with van der Waals surface area (Å²) in [4.78, 5) is 19.6.